The largest absolute Gasteiger partial charge is 0.465 e. The number of rotatable bonds is 10. The van der Waals surface area contributed by atoms with Crippen LogP contribution in [0.3, 0.4) is 0 Å². The van der Waals surface area contributed by atoms with Gasteiger partial charge in [0, 0.05) is 34.2 Å². The summed E-state index contributed by atoms with van der Waals surface area (Å²) in [6, 6.07) is 18.4. The van der Waals surface area contributed by atoms with Crippen LogP contribution in [0.15, 0.2) is 67.1 Å². The summed E-state index contributed by atoms with van der Waals surface area (Å²) in [5.74, 6) is 0.0754. The summed E-state index contributed by atoms with van der Waals surface area (Å²) in [4.78, 5) is 36.4. The molecular weight excluding hydrogens is 488 g/mol. The van der Waals surface area contributed by atoms with E-state index in [0.717, 1.165) is 48.6 Å². The van der Waals surface area contributed by atoms with E-state index in [9.17, 15) is 9.59 Å². The van der Waals surface area contributed by atoms with Crippen molar-refractivity contribution in [3.63, 3.8) is 0 Å². The molecule has 5 aromatic rings. The molecule has 9 nitrogen and oxygen atoms in total. The maximum atomic E-state index is 11.9. The lowest BCUT2D eigenvalue weighted by molar-refractivity contribution is -0.143. The fraction of sp³-hybridized carbons (Fsp3) is 0.185. The first kappa shape index (κ1) is 24.4. The van der Waals surface area contributed by atoms with Crippen molar-refractivity contribution in [2.24, 2.45) is 0 Å². The molecule has 0 spiro atoms. The molecule has 3 heterocycles. The standard InChI is InChI=1S/C27H26N6O3S/c1-2-36-25(35)15-30-24(34)14-28-13-17-3-5-18(6-4-17)23-12-22-26(37-23)27(32-16-31-22)33-20-7-8-21-19(11-20)9-10-29-21/h3-12,16,28-29H,2,13-15H2,1H3,(H,30,34)(H,31,32,33). The van der Waals surface area contributed by atoms with Gasteiger partial charge in [0.1, 0.15) is 12.9 Å². The van der Waals surface area contributed by atoms with Crippen molar-refractivity contribution in [3.05, 3.63) is 72.7 Å². The highest BCUT2D eigenvalue weighted by atomic mass is 32.1. The molecular formula is C27H26N6O3S. The van der Waals surface area contributed by atoms with Gasteiger partial charge in [-0.25, -0.2) is 9.97 Å². The number of hydrogen-bond acceptors (Lipinski definition) is 8. The summed E-state index contributed by atoms with van der Waals surface area (Å²) in [6.07, 6.45) is 3.50. The van der Waals surface area contributed by atoms with Gasteiger partial charge in [0.15, 0.2) is 5.82 Å². The summed E-state index contributed by atoms with van der Waals surface area (Å²) in [5, 5.41) is 10.2. The van der Waals surface area contributed by atoms with E-state index in [2.05, 4.69) is 55.2 Å². The molecule has 37 heavy (non-hydrogen) atoms. The van der Waals surface area contributed by atoms with Crippen LogP contribution >= 0.6 is 11.3 Å². The van der Waals surface area contributed by atoms with Gasteiger partial charge in [-0.2, -0.15) is 0 Å². The minimum absolute atomic E-state index is 0.114. The summed E-state index contributed by atoms with van der Waals surface area (Å²) < 4.78 is 5.78. The average Bonchev–Trinajstić information content (AvgIpc) is 3.55. The molecule has 4 N–H and O–H groups in total. The van der Waals surface area contributed by atoms with E-state index in [0.29, 0.717) is 13.2 Å². The number of ether oxygens (including phenoxy) is 1. The van der Waals surface area contributed by atoms with Gasteiger partial charge in [0.2, 0.25) is 5.91 Å². The Morgan fingerprint density at radius 2 is 1.89 bits per heavy atom. The Morgan fingerprint density at radius 3 is 2.73 bits per heavy atom. The van der Waals surface area contributed by atoms with Crippen LogP contribution in [0, 0.1) is 0 Å². The van der Waals surface area contributed by atoms with Crippen LogP contribution in [0.2, 0.25) is 0 Å². The molecule has 0 saturated heterocycles. The molecule has 0 saturated carbocycles. The Hall–Kier alpha value is -4.28. The SMILES string of the molecule is CCOC(=O)CNC(=O)CNCc1ccc(-c2cc3ncnc(Nc4ccc5[nH]ccc5c4)c3s2)cc1. The molecule has 0 fully saturated rings. The number of carbonyl (C=O) groups is 2. The van der Waals surface area contributed by atoms with Crippen molar-refractivity contribution >= 4 is 55.8 Å². The normalized spacial score (nSPS) is 11.1. The Bertz CT molecular complexity index is 1540. The second-order valence-electron chi connectivity index (χ2n) is 8.33. The van der Waals surface area contributed by atoms with E-state index in [4.69, 9.17) is 4.74 Å². The van der Waals surface area contributed by atoms with Gasteiger partial charge in [-0.3, -0.25) is 9.59 Å². The van der Waals surface area contributed by atoms with Crippen molar-refractivity contribution in [1.82, 2.24) is 25.6 Å². The highest BCUT2D eigenvalue weighted by Gasteiger charge is 2.11. The first-order chi connectivity index (χ1) is 18.1. The van der Waals surface area contributed by atoms with Crippen LogP contribution in [-0.2, 0) is 20.9 Å². The number of esters is 1. The van der Waals surface area contributed by atoms with Gasteiger partial charge < -0.3 is 25.7 Å². The Balaban J connectivity index is 1.21. The molecule has 0 aliphatic heterocycles. The monoisotopic (exact) mass is 514 g/mol. The molecule has 5 rings (SSSR count). The fourth-order valence-electron chi connectivity index (χ4n) is 3.91. The van der Waals surface area contributed by atoms with Crippen molar-refractivity contribution in [2.45, 2.75) is 13.5 Å². The third kappa shape index (κ3) is 5.93. The topological polar surface area (TPSA) is 121 Å². The molecule has 0 aliphatic carbocycles. The number of aromatic amines is 1. The van der Waals surface area contributed by atoms with Crippen LogP contribution in [0.25, 0.3) is 31.6 Å². The molecule has 10 heteroatoms. The highest BCUT2D eigenvalue weighted by molar-refractivity contribution is 7.22. The Kier molecular flexibility index (Phi) is 7.38. The van der Waals surface area contributed by atoms with Gasteiger partial charge in [-0.05, 0) is 48.4 Å². The average molecular weight is 515 g/mol. The minimum atomic E-state index is -0.445. The van der Waals surface area contributed by atoms with E-state index >= 15 is 0 Å². The van der Waals surface area contributed by atoms with E-state index in [1.54, 1.807) is 24.6 Å². The number of H-pyrrole nitrogens is 1. The van der Waals surface area contributed by atoms with Crippen molar-refractivity contribution < 1.29 is 14.3 Å². The first-order valence-corrected chi connectivity index (χ1v) is 12.7. The van der Waals surface area contributed by atoms with Crippen LogP contribution in [-0.4, -0.2) is 46.5 Å². The predicted octanol–water partition coefficient (Wildman–Crippen LogP) is 4.35. The summed E-state index contributed by atoms with van der Waals surface area (Å²) >= 11 is 1.64. The number of nitrogens with one attached hydrogen (secondary N) is 4. The number of hydrogen-bond donors (Lipinski definition) is 4. The number of aromatic nitrogens is 3. The molecule has 0 unspecified atom stereocenters. The number of amides is 1. The fourth-order valence-corrected chi connectivity index (χ4v) is 4.97. The van der Waals surface area contributed by atoms with Gasteiger partial charge in [-0.15, -0.1) is 11.3 Å². The minimum Gasteiger partial charge on any atom is -0.465 e. The zero-order valence-electron chi connectivity index (χ0n) is 20.2. The van der Waals surface area contributed by atoms with Crippen LogP contribution in [0.5, 0.6) is 0 Å². The summed E-state index contributed by atoms with van der Waals surface area (Å²) in [5.41, 5.74) is 5.07. The molecule has 0 bridgehead atoms. The maximum absolute atomic E-state index is 11.9. The van der Waals surface area contributed by atoms with Gasteiger partial charge >= 0.3 is 5.97 Å². The lowest BCUT2D eigenvalue weighted by Gasteiger charge is -2.07. The van der Waals surface area contributed by atoms with E-state index in [1.165, 1.54) is 0 Å². The Morgan fingerprint density at radius 1 is 1.03 bits per heavy atom. The first-order valence-electron chi connectivity index (χ1n) is 11.9. The zero-order valence-corrected chi connectivity index (χ0v) is 21.0. The van der Waals surface area contributed by atoms with E-state index < -0.39 is 5.97 Å². The quantitative estimate of drug-likeness (QED) is 0.204. The van der Waals surface area contributed by atoms with Crippen LogP contribution in [0.1, 0.15) is 12.5 Å². The maximum Gasteiger partial charge on any atom is 0.325 e. The smallest absolute Gasteiger partial charge is 0.325 e. The molecule has 188 valence electrons. The van der Waals surface area contributed by atoms with E-state index in [1.807, 2.05) is 36.5 Å². The molecule has 0 atom stereocenters. The highest BCUT2D eigenvalue weighted by Crippen LogP contribution is 2.36. The number of carbonyl (C=O) groups excluding carboxylic acids is 2. The van der Waals surface area contributed by atoms with Crippen LogP contribution < -0.4 is 16.0 Å². The summed E-state index contributed by atoms with van der Waals surface area (Å²) in [7, 11) is 0. The van der Waals surface area contributed by atoms with E-state index in [-0.39, 0.29) is 19.0 Å². The molecule has 2 aromatic carbocycles. The number of nitrogens with zero attached hydrogens (tertiary/aromatic N) is 2. The van der Waals surface area contributed by atoms with Crippen molar-refractivity contribution in [1.29, 1.82) is 0 Å². The van der Waals surface area contributed by atoms with Crippen molar-refractivity contribution in [3.8, 4) is 10.4 Å². The third-order valence-electron chi connectivity index (χ3n) is 5.72. The summed E-state index contributed by atoms with van der Waals surface area (Å²) in [6.45, 7) is 2.54. The third-order valence-corrected chi connectivity index (χ3v) is 6.90. The second-order valence-corrected chi connectivity index (χ2v) is 9.39. The van der Waals surface area contributed by atoms with Crippen LogP contribution in [0.4, 0.5) is 11.5 Å². The van der Waals surface area contributed by atoms with Crippen molar-refractivity contribution in [2.75, 3.05) is 25.0 Å². The number of fused-ring (bicyclic) bond motifs is 2. The molecule has 3 aromatic heterocycles. The zero-order chi connectivity index (χ0) is 25.6. The van der Waals surface area contributed by atoms with Gasteiger partial charge in [0.05, 0.1) is 23.4 Å². The van der Waals surface area contributed by atoms with Gasteiger partial charge in [0.25, 0.3) is 0 Å². The lowest BCUT2D eigenvalue weighted by Crippen LogP contribution is -2.37. The molecule has 1 amide bonds. The number of thiophene rings is 1. The number of anilines is 2. The Labute approximate surface area is 217 Å². The molecule has 0 aliphatic rings. The lowest BCUT2D eigenvalue weighted by atomic mass is 10.1. The van der Waals surface area contributed by atoms with Gasteiger partial charge in [-0.1, -0.05) is 24.3 Å². The second kappa shape index (κ2) is 11.2. The predicted molar refractivity (Wildman–Crippen MR) is 146 cm³/mol. The number of benzene rings is 2. The molecule has 0 radical (unpaired) electrons.